The molecule has 0 saturated carbocycles. The van der Waals surface area contributed by atoms with Crippen molar-refractivity contribution in [1.29, 1.82) is 0 Å². The zero-order valence-electron chi connectivity index (χ0n) is 15.5. The maximum atomic E-state index is 11.4. The molecule has 6 heteroatoms. The Morgan fingerprint density at radius 1 is 1.15 bits per heavy atom. The fourth-order valence-electron chi connectivity index (χ4n) is 2.53. The van der Waals surface area contributed by atoms with Gasteiger partial charge in [0.25, 0.3) is 0 Å². The number of carbonyl (C=O) groups excluding carboxylic acids is 1. The second kappa shape index (κ2) is 8.98. The first-order valence-corrected chi connectivity index (χ1v) is 8.90. The number of rotatable bonds is 8. The van der Waals surface area contributed by atoms with E-state index in [0.29, 0.717) is 37.7 Å². The topological polar surface area (TPSA) is 74.5 Å². The van der Waals surface area contributed by atoms with Gasteiger partial charge in [-0.25, -0.2) is 4.98 Å². The van der Waals surface area contributed by atoms with Crippen molar-refractivity contribution in [2.24, 2.45) is 0 Å². The van der Waals surface area contributed by atoms with Crippen molar-refractivity contribution in [2.45, 2.75) is 33.3 Å². The summed E-state index contributed by atoms with van der Waals surface area (Å²) in [5.41, 5.74) is 2.50. The van der Waals surface area contributed by atoms with Crippen LogP contribution in [-0.4, -0.2) is 22.5 Å². The van der Waals surface area contributed by atoms with E-state index in [0.717, 1.165) is 22.7 Å². The molecule has 0 bridgehead atoms. The summed E-state index contributed by atoms with van der Waals surface area (Å²) in [4.78, 5) is 20.2. The first kappa shape index (κ1) is 18.6. The third-order valence-corrected chi connectivity index (χ3v) is 3.98. The largest absolute Gasteiger partial charge is 0.486 e. The average molecular weight is 366 g/mol. The van der Waals surface area contributed by atoms with Crippen LogP contribution in [0.15, 0.2) is 53.1 Å². The van der Waals surface area contributed by atoms with Gasteiger partial charge in [0, 0.05) is 17.7 Å². The summed E-state index contributed by atoms with van der Waals surface area (Å²) in [6.45, 7) is 4.36. The molecule has 140 valence electrons. The summed E-state index contributed by atoms with van der Waals surface area (Å²) in [7, 11) is 0. The molecular weight excluding hydrogens is 344 g/mol. The van der Waals surface area contributed by atoms with E-state index in [4.69, 9.17) is 13.9 Å². The van der Waals surface area contributed by atoms with Crippen molar-refractivity contribution in [3.05, 3.63) is 65.8 Å². The van der Waals surface area contributed by atoms with Crippen LogP contribution in [0.25, 0.3) is 11.5 Å². The molecule has 0 unspecified atom stereocenters. The van der Waals surface area contributed by atoms with Gasteiger partial charge in [-0.2, -0.15) is 0 Å². The number of hydrogen-bond acceptors (Lipinski definition) is 6. The van der Waals surface area contributed by atoms with E-state index in [1.54, 1.807) is 13.1 Å². The van der Waals surface area contributed by atoms with E-state index in [-0.39, 0.29) is 5.97 Å². The molecule has 0 spiro atoms. The minimum Gasteiger partial charge on any atom is -0.486 e. The fraction of sp³-hybridized carbons (Fsp3) is 0.286. The van der Waals surface area contributed by atoms with Crippen molar-refractivity contribution in [3.63, 3.8) is 0 Å². The van der Waals surface area contributed by atoms with Crippen molar-refractivity contribution in [2.75, 3.05) is 6.61 Å². The lowest BCUT2D eigenvalue weighted by molar-refractivity contribution is -0.143. The number of aryl methyl sites for hydroxylation is 2. The van der Waals surface area contributed by atoms with Gasteiger partial charge in [0.15, 0.2) is 0 Å². The summed E-state index contributed by atoms with van der Waals surface area (Å²) in [6.07, 6.45) is 2.51. The van der Waals surface area contributed by atoms with E-state index < -0.39 is 0 Å². The van der Waals surface area contributed by atoms with Crippen LogP contribution in [0.5, 0.6) is 5.75 Å². The third-order valence-electron chi connectivity index (χ3n) is 3.98. The zero-order valence-corrected chi connectivity index (χ0v) is 15.5. The van der Waals surface area contributed by atoms with Crippen LogP contribution < -0.4 is 4.74 Å². The molecule has 0 fully saturated rings. The predicted molar refractivity (Wildman–Crippen MR) is 100 cm³/mol. The number of benzene rings is 1. The molecule has 3 rings (SSSR count). The van der Waals surface area contributed by atoms with Gasteiger partial charge < -0.3 is 13.9 Å². The molecule has 27 heavy (non-hydrogen) atoms. The first-order chi connectivity index (χ1) is 13.2. The van der Waals surface area contributed by atoms with Crippen LogP contribution in [-0.2, 0) is 22.6 Å². The number of esters is 1. The van der Waals surface area contributed by atoms with Gasteiger partial charge in [0.2, 0.25) is 5.89 Å². The highest BCUT2D eigenvalue weighted by atomic mass is 16.5. The van der Waals surface area contributed by atoms with Crippen molar-refractivity contribution < 1.29 is 18.7 Å². The number of hydrogen-bond donors (Lipinski definition) is 0. The van der Waals surface area contributed by atoms with Gasteiger partial charge >= 0.3 is 5.97 Å². The number of carbonyl (C=O) groups is 1. The van der Waals surface area contributed by atoms with E-state index in [1.165, 1.54) is 0 Å². The molecule has 6 nitrogen and oxygen atoms in total. The van der Waals surface area contributed by atoms with E-state index in [1.807, 2.05) is 49.4 Å². The van der Waals surface area contributed by atoms with Crippen molar-refractivity contribution in [3.8, 4) is 17.2 Å². The highest BCUT2D eigenvalue weighted by molar-refractivity contribution is 5.69. The molecule has 1 aromatic carbocycles. The Balaban J connectivity index is 1.56. The highest BCUT2D eigenvalue weighted by Gasteiger charge is 2.12. The highest BCUT2D eigenvalue weighted by Crippen LogP contribution is 2.22. The summed E-state index contributed by atoms with van der Waals surface area (Å²) in [5, 5.41) is 0. The minimum atomic E-state index is -0.213. The smallest absolute Gasteiger partial charge is 0.306 e. The lowest BCUT2D eigenvalue weighted by atomic mass is 10.2. The predicted octanol–water partition coefficient (Wildman–Crippen LogP) is 4.12. The second-order valence-corrected chi connectivity index (χ2v) is 5.97. The Kier molecular flexibility index (Phi) is 6.20. The van der Waals surface area contributed by atoms with Gasteiger partial charge in [0.1, 0.15) is 23.8 Å². The summed E-state index contributed by atoms with van der Waals surface area (Å²) in [6, 6.07) is 13.4. The summed E-state index contributed by atoms with van der Waals surface area (Å²) < 4.78 is 16.4. The Hall–Kier alpha value is -3.15. The SMILES string of the molecule is CCOC(=O)CCc1ccc(OCc2nc(-c3ccccc3)oc2C)cn1. The molecule has 0 aliphatic rings. The van der Waals surface area contributed by atoms with Crippen molar-refractivity contribution in [1.82, 2.24) is 9.97 Å². The summed E-state index contributed by atoms with van der Waals surface area (Å²) in [5.74, 6) is 1.74. The number of oxazole rings is 1. The van der Waals surface area contributed by atoms with Gasteiger partial charge in [-0.3, -0.25) is 9.78 Å². The van der Waals surface area contributed by atoms with Gasteiger partial charge in [-0.1, -0.05) is 18.2 Å². The zero-order chi connectivity index (χ0) is 19.1. The van der Waals surface area contributed by atoms with Crippen molar-refractivity contribution >= 4 is 5.97 Å². The number of pyridine rings is 1. The molecule has 0 aliphatic heterocycles. The van der Waals surface area contributed by atoms with Crippen LogP contribution in [0.2, 0.25) is 0 Å². The molecule has 0 N–H and O–H groups in total. The number of nitrogens with zero attached hydrogens (tertiary/aromatic N) is 2. The quantitative estimate of drug-likeness (QED) is 0.558. The molecule has 0 saturated heterocycles. The van der Waals surface area contributed by atoms with Crippen LogP contribution >= 0.6 is 0 Å². The number of ether oxygens (including phenoxy) is 2. The van der Waals surface area contributed by atoms with Crippen LogP contribution in [0.4, 0.5) is 0 Å². The normalized spacial score (nSPS) is 10.6. The Morgan fingerprint density at radius 3 is 2.67 bits per heavy atom. The summed E-state index contributed by atoms with van der Waals surface area (Å²) >= 11 is 0. The van der Waals surface area contributed by atoms with Gasteiger partial charge in [-0.05, 0) is 38.1 Å². The standard InChI is InChI=1S/C21H22N2O4/c1-3-25-20(24)12-10-17-9-11-18(13-22-17)26-14-19-15(2)27-21(23-19)16-7-5-4-6-8-16/h4-9,11,13H,3,10,12,14H2,1-2H3. The van der Waals surface area contributed by atoms with Crippen LogP contribution in [0, 0.1) is 6.92 Å². The molecule has 0 atom stereocenters. The second-order valence-electron chi connectivity index (χ2n) is 5.97. The van der Waals surface area contributed by atoms with E-state index in [2.05, 4.69) is 9.97 Å². The maximum absolute atomic E-state index is 11.4. The van der Waals surface area contributed by atoms with Gasteiger partial charge in [0.05, 0.1) is 19.2 Å². The average Bonchev–Trinajstić information content (AvgIpc) is 3.07. The molecule has 0 radical (unpaired) electrons. The lowest BCUT2D eigenvalue weighted by Gasteiger charge is -2.05. The Labute approximate surface area is 158 Å². The minimum absolute atomic E-state index is 0.213. The maximum Gasteiger partial charge on any atom is 0.306 e. The van der Waals surface area contributed by atoms with Gasteiger partial charge in [-0.15, -0.1) is 0 Å². The molecule has 0 amide bonds. The molecule has 0 aliphatic carbocycles. The van der Waals surface area contributed by atoms with Crippen LogP contribution in [0.1, 0.15) is 30.5 Å². The Bertz CT molecular complexity index is 873. The Morgan fingerprint density at radius 2 is 1.96 bits per heavy atom. The molecular formula is C21H22N2O4. The first-order valence-electron chi connectivity index (χ1n) is 8.90. The number of aromatic nitrogens is 2. The molecule has 2 aromatic heterocycles. The van der Waals surface area contributed by atoms with E-state index in [9.17, 15) is 4.79 Å². The van der Waals surface area contributed by atoms with E-state index >= 15 is 0 Å². The fourth-order valence-corrected chi connectivity index (χ4v) is 2.53. The molecule has 3 aromatic rings. The van der Waals surface area contributed by atoms with Crippen LogP contribution in [0.3, 0.4) is 0 Å². The lowest BCUT2D eigenvalue weighted by Crippen LogP contribution is -2.06. The monoisotopic (exact) mass is 366 g/mol. The molecule has 2 heterocycles. The third kappa shape index (κ3) is 5.17.